The summed E-state index contributed by atoms with van der Waals surface area (Å²) >= 11 is 7.33. The molecule has 1 aromatic carbocycles. The second-order valence-electron chi connectivity index (χ2n) is 6.39. The van der Waals surface area contributed by atoms with E-state index in [0.29, 0.717) is 6.54 Å². The molecule has 27 heavy (non-hydrogen) atoms. The lowest BCUT2D eigenvalue weighted by atomic mass is 10.0. The number of nitro benzene ring substituents is 1. The lowest BCUT2D eigenvalue weighted by molar-refractivity contribution is -0.384. The Labute approximate surface area is 166 Å². The van der Waals surface area contributed by atoms with Crippen LogP contribution in [0, 0.1) is 16.0 Å². The van der Waals surface area contributed by atoms with E-state index >= 15 is 0 Å². The van der Waals surface area contributed by atoms with Gasteiger partial charge in [-0.25, -0.2) is 0 Å². The van der Waals surface area contributed by atoms with Gasteiger partial charge in [0.05, 0.1) is 11.5 Å². The quantitative estimate of drug-likeness (QED) is 0.557. The highest BCUT2D eigenvalue weighted by Crippen LogP contribution is 2.25. The van der Waals surface area contributed by atoms with Crippen LogP contribution in [0.2, 0.25) is 5.02 Å². The standard InChI is InChI=1S/C18H20ClN3O4S/c1-11(2)16(18(24)21(3)10-13-5-4-8-27-13)20-17(23)12-6-7-14(19)15(9-12)22(25)26/h4-9,11,16H,10H2,1-3H3,(H,20,23). The number of nitrogens with one attached hydrogen (secondary N) is 1. The maximum Gasteiger partial charge on any atom is 0.288 e. The third kappa shape index (κ3) is 5.27. The summed E-state index contributed by atoms with van der Waals surface area (Å²) in [4.78, 5) is 38.3. The molecular formula is C18H20ClN3O4S. The lowest BCUT2D eigenvalue weighted by Crippen LogP contribution is -2.50. The molecule has 0 bridgehead atoms. The second kappa shape index (κ2) is 8.96. The van der Waals surface area contributed by atoms with E-state index in [-0.39, 0.29) is 28.1 Å². The van der Waals surface area contributed by atoms with Gasteiger partial charge >= 0.3 is 0 Å². The zero-order valence-electron chi connectivity index (χ0n) is 15.1. The van der Waals surface area contributed by atoms with E-state index in [2.05, 4.69) is 5.32 Å². The molecule has 1 atom stereocenters. The van der Waals surface area contributed by atoms with Crippen molar-refractivity contribution in [2.24, 2.45) is 5.92 Å². The van der Waals surface area contributed by atoms with Crippen LogP contribution in [-0.2, 0) is 11.3 Å². The highest BCUT2D eigenvalue weighted by Gasteiger charge is 2.28. The number of carbonyl (C=O) groups is 2. The number of benzene rings is 1. The Kier molecular flexibility index (Phi) is 6.92. The molecule has 0 aliphatic rings. The van der Waals surface area contributed by atoms with E-state index in [1.807, 2.05) is 31.4 Å². The van der Waals surface area contributed by atoms with Gasteiger partial charge in [0.2, 0.25) is 5.91 Å². The number of likely N-dealkylation sites (N-methyl/N-ethyl adjacent to an activating group) is 1. The predicted octanol–water partition coefficient (Wildman–Crippen LogP) is 3.72. The summed E-state index contributed by atoms with van der Waals surface area (Å²) in [6.45, 7) is 4.10. The van der Waals surface area contributed by atoms with E-state index in [1.54, 1.807) is 23.3 Å². The number of carbonyl (C=O) groups excluding carboxylic acids is 2. The number of nitrogens with zero attached hydrogens (tertiary/aromatic N) is 2. The molecule has 0 saturated heterocycles. The molecule has 0 fully saturated rings. The van der Waals surface area contributed by atoms with Crippen LogP contribution in [0.25, 0.3) is 0 Å². The third-order valence-corrected chi connectivity index (χ3v) is 5.15. The fraction of sp³-hybridized carbons (Fsp3) is 0.333. The molecule has 1 heterocycles. The molecule has 0 aliphatic carbocycles. The van der Waals surface area contributed by atoms with Gasteiger partial charge in [-0.1, -0.05) is 31.5 Å². The van der Waals surface area contributed by atoms with Crippen molar-refractivity contribution in [1.82, 2.24) is 10.2 Å². The fourth-order valence-corrected chi connectivity index (χ4v) is 3.43. The predicted molar refractivity (Wildman–Crippen MR) is 105 cm³/mol. The van der Waals surface area contributed by atoms with E-state index in [4.69, 9.17) is 11.6 Å². The fourth-order valence-electron chi connectivity index (χ4n) is 2.48. The molecule has 9 heteroatoms. The van der Waals surface area contributed by atoms with Crippen molar-refractivity contribution in [3.05, 3.63) is 61.3 Å². The van der Waals surface area contributed by atoms with Gasteiger partial charge in [-0.15, -0.1) is 11.3 Å². The van der Waals surface area contributed by atoms with Crippen molar-refractivity contribution in [2.45, 2.75) is 26.4 Å². The third-order valence-electron chi connectivity index (χ3n) is 3.97. The van der Waals surface area contributed by atoms with E-state index in [9.17, 15) is 19.7 Å². The summed E-state index contributed by atoms with van der Waals surface area (Å²) in [5.41, 5.74) is -0.281. The normalized spacial score (nSPS) is 11.9. The van der Waals surface area contributed by atoms with Crippen LogP contribution in [0.1, 0.15) is 29.1 Å². The Morgan fingerprint density at radius 1 is 1.33 bits per heavy atom. The SMILES string of the molecule is CC(C)C(NC(=O)c1ccc(Cl)c([N+](=O)[O-])c1)C(=O)N(C)Cc1cccs1. The molecule has 0 aliphatic heterocycles. The van der Waals surface area contributed by atoms with Crippen LogP contribution in [0.5, 0.6) is 0 Å². The number of hydrogen-bond donors (Lipinski definition) is 1. The highest BCUT2D eigenvalue weighted by molar-refractivity contribution is 7.09. The van der Waals surface area contributed by atoms with Crippen molar-refractivity contribution in [3.63, 3.8) is 0 Å². The zero-order chi connectivity index (χ0) is 20.1. The number of thiophene rings is 1. The Hall–Kier alpha value is -2.45. The highest BCUT2D eigenvalue weighted by atomic mass is 35.5. The van der Waals surface area contributed by atoms with E-state index in [1.165, 1.54) is 12.1 Å². The van der Waals surface area contributed by atoms with Crippen molar-refractivity contribution in [2.75, 3.05) is 7.05 Å². The van der Waals surface area contributed by atoms with Crippen LogP contribution in [0.3, 0.4) is 0 Å². The number of rotatable bonds is 7. The van der Waals surface area contributed by atoms with Gasteiger partial charge in [0, 0.05) is 23.6 Å². The molecular weight excluding hydrogens is 390 g/mol. The van der Waals surface area contributed by atoms with Crippen LogP contribution in [0.4, 0.5) is 5.69 Å². The number of hydrogen-bond acceptors (Lipinski definition) is 5. The summed E-state index contributed by atoms with van der Waals surface area (Å²) in [6.07, 6.45) is 0. The molecule has 2 aromatic rings. The maximum absolute atomic E-state index is 12.8. The van der Waals surface area contributed by atoms with Gasteiger partial charge in [0.1, 0.15) is 11.1 Å². The first-order valence-corrected chi connectivity index (χ1v) is 9.48. The summed E-state index contributed by atoms with van der Waals surface area (Å²) < 4.78 is 0. The molecule has 1 unspecified atom stereocenters. The average Bonchev–Trinajstić information content (AvgIpc) is 3.11. The molecule has 1 N–H and O–H groups in total. The first kappa shape index (κ1) is 20.9. The number of nitro groups is 1. The van der Waals surface area contributed by atoms with Gasteiger partial charge in [-0.05, 0) is 29.5 Å². The molecule has 144 valence electrons. The van der Waals surface area contributed by atoms with Gasteiger partial charge in [-0.2, -0.15) is 0 Å². The maximum atomic E-state index is 12.8. The first-order valence-electron chi connectivity index (χ1n) is 8.23. The Morgan fingerprint density at radius 3 is 2.59 bits per heavy atom. The molecule has 7 nitrogen and oxygen atoms in total. The summed E-state index contributed by atoms with van der Waals surface area (Å²) in [5, 5.41) is 15.6. The molecule has 0 saturated carbocycles. The second-order valence-corrected chi connectivity index (χ2v) is 7.83. The monoisotopic (exact) mass is 409 g/mol. The summed E-state index contributed by atoms with van der Waals surface area (Å²) in [7, 11) is 1.68. The minimum absolute atomic E-state index is 0.0521. The average molecular weight is 410 g/mol. The van der Waals surface area contributed by atoms with Crippen LogP contribution < -0.4 is 5.32 Å². The molecule has 0 radical (unpaired) electrons. The Bertz CT molecular complexity index is 839. The topological polar surface area (TPSA) is 92.5 Å². The van der Waals surface area contributed by atoms with Crippen molar-refractivity contribution < 1.29 is 14.5 Å². The van der Waals surface area contributed by atoms with Gasteiger partial charge in [0.15, 0.2) is 0 Å². The molecule has 2 amide bonds. The van der Waals surface area contributed by atoms with Gasteiger partial charge in [-0.3, -0.25) is 19.7 Å². The van der Waals surface area contributed by atoms with Crippen LogP contribution >= 0.6 is 22.9 Å². The number of amides is 2. The minimum atomic E-state index is -0.753. The molecule has 0 spiro atoms. The van der Waals surface area contributed by atoms with Gasteiger partial charge in [0.25, 0.3) is 11.6 Å². The Morgan fingerprint density at radius 2 is 2.04 bits per heavy atom. The summed E-state index contributed by atoms with van der Waals surface area (Å²) in [5.74, 6) is -0.948. The van der Waals surface area contributed by atoms with Crippen molar-refractivity contribution in [3.8, 4) is 0 Å². The first-order chi connectivity index (χ1) is 12.7. The van der Waals surface area contributed by atoms with Crippen molar-refractivity contribution >= 4 is 40.4 Å². The van der Waals surface area contributed by atoms with E-state index in [0.717, 1.165) is 10.9 Å². The Balaban J connectivity index is 2.15. The largest absolute Gasteiger partial charge is 0.340 e. The van der Waals surface area contributed by atoms with E-state index < -0.39 is 16.9 Å². The smallest absolute Gasteiger partial charge is 0.288 e. The van der Waals surface area contributed by atoms with Crippen LogP contribution in [-0.4, -0.2) is 34.7 Å². The van der Waals surface area contributed by atoms with Crippen LogP contribution in [0.15, 0.2) is 35.7 Å². The van der Waals surface area contributed by atoms with Crippen molar-refractivity contribution in [1.29, 1.82) is 0 Å². The summed E-state index contributed by atoms with van der Waals surface area (Å²) in [6, 6.07) is 6.88. The number of halogens is 1. The lowest BCUT2D eigenvalue weighted by Gasteiger charge is -2.27. The zero-order valence-corrected chi connectivity index (χ0v) is 16.7. The molecule has 1 aromatic heterocycles. The molecule has 2 rings (SSSR count). The minimum Gasteiger partial charge on any atom is -0.340 e. The van der Waals surface area contributed by atoms with Gasteiger partial charge < -0.3 is 10.2 Å².